The van der Waals surface area contributed by atoms with Gasteiger partial charge in [0.15, 0.2) is 11.3 Å². The van der Waals surface area contributed by atoms with Crippen molar-refractivity contribution < 1.29 is 9.90 Å². The second kappa shape index (κ2) is 5.54. The maximum Gasteiger partial charge on any atom is 0.578 e. The lowest BCUT2D eigenvalue weighted by Crippen LogP contribution is -2.22. The van der Waals surface area contributed by atoms with Gasteiger partial charge in [0.05, 0.1) is 6.54 Å². The van der Waals surface area contributed by atoms with Crippen LogP contribution in [0.4, 0.5) is 0 Å². The average Bonchev–Trinajstić information content (AvgIpc) is 1.87. The topological polar surface area (TPSA) is 77.5 Å². The first-order valence-corrected chi connectivity index (χ1v) is 2.51. The van der Waals surface area contributed by atoms with Crippen molar-refractivity contribution in [2.75, 3.05) is 13.1 Å². The highest BCUT2D eigenvalue weighted by Crippen LogP contribution is 1.61. The molecule has 0 atom stereocenters. The Morgan fingerprint density at radius 2 is 2.50 bits per heavy atom. The van der Waals surface area contributed by atoms with E-state index in [1.807, 2.05) is 0 Å². The maximum absolute atomic E-state index is 9.85. The number of hydrogen-bond donors (Lipinski definition) is 2. The van der Waals surface area contributed by atoms with Crippen LogP contribution in [0.5, 0.6) is 0 Å². The molecule has 0 aromatic carbocycles. The van der Waals surface area contributed by atoms with Gasteiger partial charge in [-0.25, -0.2) is 0 Å². The number of carbonyl (C=O) groups is 1. The molecule has 0 fully saturated rings. The molecule has 0 amide bonds. The van der Waals surface area contributed by atoms with Gasteiger partial charge in [0.25, 0.3) is 0 Å². The molecule has 0 heterocycles. The third-order valence-electron chi connectivity index (χ3n) is 0.609. The van der Waals surface area contributed by atoms with Crippen molar-refractivity contribution in [3.05, 3.63) is 4.85 Å². The van der Waals surface area contributed by atoms with E-state index in [4.69, 9.17) is 10.4 Å². The summed E-state index contributed by atoms with van der Waals surface area (Å²) >= 11 is 0. The molecule has 0 unspecified atom stereocenters. The van der Waals surface area contributed by atoms with Crippen molar-refractivity contribution in [3.63, 3.8) is 0 Å². The van der Waals surface area contributed by atoms with Crippen LogP contribution in [0.25, 0.3) is 4.85 Å². The lowest BCUT2D eigenvalue weighted by atomic mass is 10.6. The Kier molecular flexibility index (Phi) is 4.66. The predicted molar refractivity (Wildman–Crippen MR) is 33.4 cm³/mol. The molecular formula is C5H6N3O2+. The Morgan fingerprint density at radius 1 is 1.80 bits per heavy atom. The maximum atomic E-state index is 9.85. The highest BCUT2D eigenvalue weighted by atomic mass is 16.4. The molecular weight excluding hydrogens is 134 g/mol. The van der Waals surface area contributed by atoms with Crippen LogP contribution < -0.4 is 5.32 Å². The molecule has 0 aromatic rings. The minimum absolute atomic E-state index is 0.145. The number of carboxylic acids is 1. The van der Waals surface area contributed by atoms with Crippen LogP contribution in [0.2, 0.25) is 0 Å². The third-order valence-corrected chi connectivity index (χ3v) is 0.609. The fourth-order valence-corrected chi connectivity index (χ4v) is 0.300. The van der Waals surface area contributed by atoms with E-state index in [1.54, 1.807) is 0 Å². The first kappa shape index (κ1) is 8.41. The van der Waals surface area contributed by atoms with Gasteiger partial charge in [-0.2, -0.15) is 0 Å². The number of hydrogen-bond acceptors (Lipinski definition) is 3. The van der Waals surface area contributed by atoms with E-state index in [0.717, 1.165) is 0 Å². The molecule has 52 valence electrons. The van der Waals surface area contributed by atoms with Crippen LogP contribution in [0, 0.1) is 17.5 Å². The van der Waals surface area contributed by atoms with E-state index in [9.17, 15) is 4.79 Å². The quantitative estimate of drug-likeness (QED) is 0.314. The molecule has 0 radical (unpaired) electrons. The monoisotopic (exact) mass is 140 g/mol. The van der Waals surface area contributed by atoms with Crippen molar-refractivity contribution in [1.82, 2.24) is 5.32 Å². The summed E-state index contributed by atoms with van der Waals surface area (Å²) in [6.45, 7) is 0.0355. The molecule has 0 bridgehead atoms. The second-order valence-corrected chi connectivity index (χ2v) is 1.37. The Balaban J connectivity index is 3.23. The molecule has 5 nitrogen and oxygen atoms in total. The third kappa shape index (κ3) is 6.41. The number of nitrogens with zero attached hydrogens (tertiary/aromatic N) is 2. The number of nitriles is 1. The van der Waals surface area contributed by atoms with Gasteiger partial charge >= 0.3 is 12.2 Å². The van der Waals surface area contributed by atoms with E-state index in [-0.39, 0.29) is 13.1 Å². The minimum Gasteiger partial charge on any atom is -0.480 e. The zero-order chi connectivity index (χ0) is 7.82. The van der Waals surface area contributed by atoms with Crippen LogP contribution >= 0.6 is 0 Å². The molecule has 0 rings (SSSR count). The van der Waals surface area contributed by atoms with Crippen molar-refractivity contribution in [2.45, 2.75) is 0 Å². The number of carboxylic acid groups (broad SMARTS) is 1. The van der Waals surface area contributed by atoms with Gasteiger partial charge < -0.3 is 5.11 Å². The second-order valence-electron chi connectivity index (χ2n) is 1.37. The van der Waals surface area contributed by atoms with Gasteiger partial charge in [-0.3, -0.25) is 10.1 Å². The Hall–Kier alpha value is -1.59. The van der Waals surface area contributed by atoms with Gasteiger partial charge in [-0.05, 0) is 0 Å². The highest BCUT2D eigenvalue weighted by Gasteiger charge is 1.92. The van der Waals surface area contributed by atoms with Crippen molar-refractivity contribution >= 4 is 5.97 Å². The smallest absolute Gasteiger partial charge is 0.480 e. The normalized spacial score (nSPS) is 7.10. The van der Waals surface area contributed by atoms with Crippen LogP contribution in [-0.4, -0.2) is 24.2 Å². The fraction of sp³-hybridized carbons (Fsp3) is 0.400. The van der Waals surface area contributed by atoms with Crippen LogP contribution in [-0.2, 0) is 4.79 Å². The van der Waals surface area contributed by atoms with Crippen LogP contribution in [0.1, 0.15) is 0 Å². The number of nitrogens with one attached hydrogen (secondary N) is 1. The number of rotatable bonds is 3. The molecule has 0 aliphatic rings. The van der Waals surface area contributed by atoms with Crippen molar-refractivity contribution in [1.29, 1.82) is 5.26 Å². The van der Waals surface area contributed by atoms with Gasteiger partial charge in [0.2, 0.25) is 0 Å². The molecule has 2 N–H and O–H groups in total. The van der Waals surface area contributed by atoms with E-state index in [0.29, 0.717) is 0 Å². The van der Waals surface area contributed by atoms with E-state index in [1.165, 1.54) is 6.19 Å². The Labute approximate surface area is 57.7 Å². The highest BCUT2D eigenvalue weighted by molar-refractivity contribution is 5.69. The summed E-state index contributed by atoms with van der Waals surface area (Å²) in [6.07, 6.45) is 1.48. The van der Waals surface area contributed by atoms with Crippen molar-refractivity contribution in [3.8, 4) is 12.3 Å². The SMILES string of the molecule is N#C[N+]#CCNCC(=O)O. The summed E-state index contributed by atoms with van der Waals surface area (Å²) in [5.74, 6) is -0.946. The van der Waals surface area contributed by atoms with Gasteiger partial charge in [-0.15, -0.1) is 0 Å². The van der Waals surface area contributed by atoms with E-state index >= 15 is 0 Å². The standard InChI is InChI=1S/C5H5N3O2/c6-4-8-2-1-7-3-5(9)10/h7H,1,3H2/p+1. The first-order chi connectivity index (χ1) is 4.77. The first-order valence-electron chi connectivity index (χ1n) is 2.51. The lowest BCUT2D eigenvalue weighted by Gasteiger charge is -1.88. The number of aliphatic carboxylic acids is 1. The zero-order valence-corrected chi connectivity index (χ0v) is 5.16. The predicted octanol–water partition coefficient (Wildman–Crippen LogP) is -0.525. The zero-order valence-electron chi connectivity index (χ0n) is 5.16. The van der Waals surface area contributed by atoms with Gasteiger partial charge in [0.1, 0.15) is 6.54 Å². The summed E-state index contributed by atoms with van der Waals surface area (Å²) in [5, 5.41) is 18.4. The summed E-state index contributed by atoms with van der Waals surface area (Å²) in [6, 6.07) is 2.28. The molecule has 0 spiro atoms. The van der Waals surface area contributed by atoms with Crippen molar-refractivity contribution in [2.24, 2.45) is 0 Å². The summed E-state index contributed by atoms with van der Waals surface area (Å²) in [7, 11) is 0. The summed E-state index contributed by atoms with van der Waals surface area (Å²) in [4.78, 5) is 12.9. The molecule has 0 aliphatic carbocycles. The van der Waals surface area contributed by atoms with Crippen LogP contribution in [0.3, 0.4) is 0 Å². The lowest BCUT2D eigenvalue weighted by molar-refractivity contribution is -0.135. The summed E-state index contributed by atoms with van der Waals surface area (Å²) < 4.78 is 0. The largest absolute Gasteiger partial charge is 0.578 e. The fourth-order valence-electron chi connectivity index (χ4n) is 0.300. The Morgan fingerprint density at radius 3 is 3.00 bits per heavy atom. The van der Waals surface area contributed by atoms with Gasteiger partial charge in [-0.1, -0.05) is 4.85 Å². The van der Waals surface area contributed by atoms with Crippen LogP contribution in [0.15, 0.2) is 0 Å². The van der Waals surface area contributed by atoms with Gasteiger partial charge in [0, 0.05) is 0 Å². The minimum atomic E-state index is -0.946. The Bertz CT molecular complexity index is 207. The summed E-state index contributed by atoms with van der Waals surface area (Å²) in [5.41, 5.74) is 0. The average molecular weight is 140 g/mol. The molecule has 0 aromatic heterocycles. The molecule has 5 heteroatoms. The molecule has 10 heavy (non-hydrogen) atoms. The molecule has 0 saturated heterocycles. The van der Waals surface area contributed by atoms with E-state index in [2.05, 4.69) is 16.2 Å². The molecule has 0 aliphatic heterocycles. The van der Waals surface area contributed by atoms with E-state index < -0.39 is 5.97 Å². The molecule has 0 saturated carbocycles.